The summed E-state index contributed by atoms with van der Waals surface area (Å²) in [6, 6.07) is 15.4. The summed E-state index contributed by atoms with van der Waals surface area (Å²) in [7, 11) is 5.28. The van der Waals surface area contributed by atoms with Crippen LogP contribution in [0.4, 0.5) is 0 Å². The molecule has 2 unspecified atom stereocenters. The summed E-state index contributed by atoms with van der Waals surface area (Å²) in [6.45, 7) is 27.2. The first kappa shape index (κ1) is 73.2. The number of benzene rings is 2. The summed E-state index contributed by atoms with van der Waals surface area (Å²) >= 11 is 0. The fourth-order valence-corrected chi connectivity index (χ4v) is 15.3. The smallest absolute Gasteiger partial charge is 0.253 e. The molecule has 498 valence electrons. The summed E-state index contributed by atoms with van der Waals surface area (Å²) in [5.74, 6) is -1.17. The minimum atomic E-state index is -0.666. The Kier molecular flexibility index (Phi) is 28.1. The summed E-state index contributed by atoms with van der Waals surface area (Å²) < 4.78 is 12.4. The molecule has 4 aliphatic rings. The average Bonchev–Trinajstić information content (AvgIpc) is 1.59. The van der Waals surface area contributed by atoms with Crippen LogP contribution in [-0.4, -0.2) is 132 Å². The number of hydroxylamine groups is 2. The fraction of sp³-hybridized carbons (Fsp3) is 0.743. The molecule has 3 aliphatic heterocycles. The predicted molar refractivity (Wildman–Crippen MR) is 352 cm³/mol. The van der Waals surface area contributed by atoms with Crippen molar-refractivity contribution in [3.63, 3.8) is 0 Å². The van der Waals surface area contributed by atoms with E-state index in [1.165, 1.54) is 16.0 Å². The van der Waals surface area contributed by atoms with Crippen LogP contribution in [0.1, 0.15) is 233 Å². The highest BCUT2D eigenvalue weighted by Crippen LogP contribution is 2.63. The van der Waals surface area contributed by atoms with Crippen LogP contribution in [0.5, 0.6) is 0 Å². The number of hydrogen-bond donors (Lipinski definition) is 1. The number of imide groups is 1. The fourth-order valence-electron chi connectivity index (χ4n) is 15.3. The molecule has 1 aliphatic carbocycles. The number of unbranched alkanes of at least 4 members (excludes halogenated alkanes) is 4. The molecule has 1 saturated carbocycles. The van der Waals surface area contributed by atoms with Gasteiger partial charge in [0, 0.05) is 52.0 Å². The number of methoxy groups -OCH3 is 2. The number of ether oxygens (including phenoxy) is 2. The predicted octanol–water partition coefficient (Wildman–Crippen LogP) is 13.3. The van der Waals surface area contributed by atoms with Crippen LogP contribution in [0.25, 0.3) is 0 Å². The van der Waals surface area contributed by atoms with Gasteiger partial charge in [-0.2, -0.15) is 0 Å². The molecule has 2 aromatic rings. The number of likely N-dealkylation sites (tertiary alicyclic amines) is 2. The van der Waals surface area contributed by atoms with Gasteiger partial charge in [0.15, 0.2) is 5.78 Å². The van der Waals surface area contributed by atoms with Crippen molar-refractivity contribution in [3.05, 3.63) is 70.8 Å². The Labute approximate surface area is 536 Å². The Morgan fingerprint density at radius 1 is 0.843 bits per heavy atom. The molecule has 3 fully saturated rings. The average molecular weight is 1240 g/mol. The Balaban J connectivity index is 1.01. The second-order valence-electron chi connectivity index (χ2n) is 28.5. The first-order valence-corrected chi connectivity index (χ1v) is 34.8. The molecule has 0 bridgehead atoms. The number of likely N-dealkylation sites (N-methyl/N-ethyl adjacent to an activating group) is 1. The van der Waals surface area contributed by atoms with Gasteiger partial charge in [-0.1, -0.05) is 157 Å². The lowest BCUT2D eigenvalue weighted by molar-refractivity contribution is -0.207. The van der Waals surface area contributed by atoms with Gasteiger partial charge >= 0.3 is 0 Å². The van der Waals surface area contributed by atoms with Gasteiger partial charge in [0.05, 0.1) is 54.6 Å². The SMILES string of the molecule is CCCCc1cccc([C@H]2C[C@@]2(CCCC(=O)[C@H](C)[C@@H](OC)[C@@H]2CCCN2C(=O)C[C@@H](OC)[C@@H](CCC(C)C(=O)[C@@H](NC(=O)[C@H](C(C)C)N(C)CCCCCCN2C(=O)CC(C(C)(CC)CC)C2=O)C(C)C)[C@@H](C)CC)C(=O)N2Cc3ccccc3CO2)c1. The lowest BCUT2D eigenvalue weighted by Crippen LogP contribution is -2.55. The van der Waals surface area contributed by atoms with Gasteiger partial charge in [-0.05, 0) is 154 Å². The molecule has 3 heterocycles. The molecule has 6 rings (SSSR count). The van der Waals surface area contributed by atoms with E-state index >= 15 is 0 Å². The highest BCUT2D eigenvalue weighted by atomic mass is 16.7. The van der Waals surface area contributed by atoms with E-state index in [4.69, 9.17) is 14.3 Å². The van der Waals surface area contributed by atoms with Crippen molar-refractivity contribution >= 4 is 41.1 Å². The number of carbonyl (C=O) groups excluding carboxylic acids is 7. The van der Waals surface area contributed by atoms with Crippen molar-refractivity contribution in [3.8, 4) is 0 Å². The summed E-state index contributed by atoms with van der Waals surface area (Å²) in [5, 5.41) is 4.77. The Morgan fingerprint density at radius 3 is 2.20 bits per heavy atom. The minimum Gasteiger partial charge on any atom is -0.381 e. The van der Waals surface area contributed by atoms with Gasteiger partial charge in [-0.15, -0.1) is 0 Å². The lowest BCUT2D eigenvalue weighted by Gasteiger charge is -2.36. The third kappa shape index (κ3) is 18.3. The molecule has 12 atom stereocenters. The van der Waals surface area contributed by atoms with Crippen LogP contribution < -0.4 is 5.32 Å². The number of aryl methyl sites for hydroxylation is 1. The van der Waals surface area contributed by atoms with E-state index in [-0.39, 0.29) is 100 Å². The molecular formula is C74H117N5O10. The van der Waals surface area contributed by atoms with Crippen LogP contribution in [0.3, 0.4) is 0 Å². The molecular weight excluding hydrogens is 1120 g/mol. The van der Waals surface area contributed by atoms with Crippen molar-refractivity contribution in [1.82, 2.24) is 25.1 Å². The minimum absolute atomic E-state index is 0.00180. The highest BCUT2D eigenvalue weighted by molar-refractivity contribution is 6.04. The number of fused-ring (bicyclic) bond motifs is 1. The number of rotatable bonds is 39. The van der Waals surface area contributed by atoms with Crippen molar-refractivity contribution in [2.75, 3.05) is 40.9 Å². The lowest BCUT2D eigenvalue weighted by atomic mass is 9.72. The van der Waals surface area contributed by atoms with Crippen molar-refractivity contribution in [1.29, 1.82) is 0 Å². The maximum Gasteiger partial charge on any atom is 0.253 e. The summed E-state index contributed by atoms with van der Waals surface area (Å²) in [4.78, 5) is 110. The number of nitrogens with zero attached hydrogens (tertiary/aromatic N) is 4. The van der Waals surface area contributed by atoms with Crippen molar-refractivity contribution < 1.29 is 47.9 Å². The number of ketones is 2. The van der Waals surface area contributed by atoms with Gasteiger partial charge < -0.3 is 19.7 Å². The zero-order valence-electron chi connectivity index (χ0n) is 57.7. The topological polar surface area (TPSA) is 172 Å². The van der Waals surface area contributed by atoms with E-state index in [1.807, 2.05) is 71.7 Å². The molecule has 1 N–H and O–H groups in total. The molecule has 0 spiro atoms. The number of amides is 5. The second-order valence-corrected chi connectivity index (χ2v) is 28.5. The Hall–Kier alpha value is -4.83. The van der Waals surface area contributed by atoms with Gasteiger partial charge in [-0.25, -0.2) is 5.06 Å². The second kappa shape index (κ2) is 34.2. The monoisotopic (exact) mass is 1240 g/mol. The van der Waals surface area contributed by atoms with E-state index in [0.29, 0.717) is 77.7 Å². The first-order chi connectivity index (χ1) is 42.4. The van der Waals surface area contributed by atoms with Crippen molar-refractivity contribution in [2.45, 2.75) is 261 Å². The van der Waals surface area contributed by atoms with Crippen LogP contribution in [0, 0.1) is 52.3 Å². The quantitative estimate of drug-likeness (QED) is 0.0499. The summed E-state index contributed by atoms with van der Waals surface area (Å²) in [6.07, 6.45) is 13.7. The molecule has 89 heavy (non-hydrogen) atoms. The Bertz CT molecular complexity index is 2650. The molecule has 15 heteroatoms. The van der Waals surface area contributed by atoms with Gasteiger partial charge in [0.2, 0.25) is 23.6 Å². The molecule has 2 saturated heterocycles. The maximum atomic E-state index is 14.7. The number of nitrogens with one attached hydrogen (secondary N) is 1. The molecule has 2 aromatic carbocycles. The Morgan fingerprint density at radius 2 is 1.55 bits per heavy atom. The summed E-state index contributed by atoms with van der Waals surface area (Å²) in [5.41, 5.74) is 3.82. The van der Waals surface area contributed by atoms with E-state index in [0.717, 1.165) is 88.2 Å². The van der Waals surface area contributed by atoms with E-state index in [2.05, 4.69) is 82.1 Å². The standard InChI is InChI=1S/C74H117N5O10/c1-16-20-30-54-31-27-34-55(43-54)60-46-74(60,72(86)79-47-56-32-23-24-33-57(56)48-89-79)39-28-36-62(80)53(11)69(88-15)61-35-29-42-77(61)65(82)45-63(87-14)58(51(9)17-2)38-37-52(10)68(83)66(49(5)6)75-70(84)67(50(7)8)76(13)40-25-21-22-26-41-78-64(81)44-59(71(78)85)73(12,18-3)19-4/h23-24,27,31-34,43,49-53,58-61,63,66-67,69H,16-22,25-26,28-30,35-42,44-48H2,1-15H3,(H,75,84)/t51-,52?,53-,58-,59?,60+,61-,63+,66-,67-,69+,74+/m0/s1. The number of hydrogen-bond acceptors (Lipinski definition) is 11. The largest absolute Gasteiger partial charge is 0.381 e. The third-order valence-electron chi connectivity index (χ3n) is 22.0. The zero-order valence-corrected chi connectivity index (χ0v) is 57.7. The van der Waals surface area contributed by atoms with E-state index in [9.17, 15) is 33.6 Å². The van der Waals surface area contributed by atoms with Crippen LogP contribution in [-0.2, 0) is 67.4 Å². The molecule has 5 amide bonds. The normalized spacial score (nSPS) is 22.3. The number of Topliss-reactive ketones (excluding diaryl/α,β-unsaturated/α-hetero) is 2. The third-order valence-corrected chi connectivity index (χ3v) is 22.0. The van der Waals surface area contributed by atoms with Crippen LogP contribution in [0.2, 0.25) is 0 Å². The first-order valence-electron chi connectivity index (χ1n) is 34.8. The zero-order chi connectivity index (χ0) is 65.3. The van der Waals surface area contributed by atoms with E-state index in [1.54, 1.807) is 19.3 Å². The van der Waals surface area contributed by atoms with Crippen LogP contribution in [0.15, 0.2) is 48.5 Å². The van der Waals surface area contributed by atoms with Gasteiger partial charge in [0.1, 0.15) is 12.4 Å². The van der Waals surface area contributed by atoms with E-state index < -0.39 is 35.6 Å². The van der Waals surface area contributed by atoms with Crippen molar-refractivity contribution in [2.24, 2.45) is 52.3 Å². The molecule has 0 aromatic heterocycles. The molecule has 0 radical (unpaired) electrons. The van der Waals surface area contributed by atoms with Crippen LogP contribution >= 0.6 is 0 Å². The van der Waals surface area contributed by atoms with Gasteiger partial charge in [0.25, 0.3) is 5.91 Å². The number of carbonyl (C=O) groups is 7. The highest BCUT2D eigenvalue weighted by Gasteiger charge is 2.61. The molecule has 15 nitrogen and oxygen atoms in total. The van der Waals surface area contributed by atoms with Gasteiger partial charge in [-0.3, -0.25) is 48.2 Å². The maximum absolute atomic E-state index is 14.7.